The number of nitrogens with zero attached hydrogens (tertiary/aromatic N) is 2. The van der Waals surface area contributed by atoms with E-state index in [1.807, 2.05) is 0 Å². The van der Waals surface area contributed by atoms with E-state index in [0.29, 0.717) is 17.2 Å². The lowest BCUT2D eigenvalue weighted by Gasteiger charge is -2.22. The fourth-order valence-electron chi connectivity index (χ4n) is 3.19. The Labute approximate surface area is 116 Å². The molecule has 1 heterocycles. The molecule has 1 fully saturated rings. The van der Waals surface area contributed by atoms with Crippen molar-refractivity contribution in [2.75, 3.05) is 0 Å². The zero-order valence-corrected chi connectivity index (χ0v) is 12.7. The van der Waals surface area contributed by atoms with E-state index in [2.05, 4.69) is 37.8 Å². The second-order valence-corrected chi connectivity index (χ2v) is 7.45. The van der Waals surface area contributed by atoms with Gasteiger partial charge < -0.3 is 10.3 Å². The first-order valence-corrected chi connectivity index (χ1v) is 7.40. The highest BCUT2D eigenvalue weighted by molar-refractivity contribution is 5.06. The Morgan fingerprint density at radius 2 is 1.95 bits per heavy atom. The largest absolute Gasteiger partial charge is 0.339 e. The first kappa shape index (κ1) is 14.5. The third kappa shape index (κ3) is 3.78. The molecule has 2 N–H and O–H groups in total. The summed E-state index contributed by atoms with van der Waals surface area (Å²) in [4.78, 5) is 4.53. The van der Waals surface area contributed by atoms with Crippen LogP contribution < -0.4 is 5.73 Å². The predicted octanol–water partition coefficient (Wildman–Crippen LogP) is 3.41. The first-order chi connectivity index (χ1) is 8.78. The van der Waals surface area contributed by atoms with Gasteiger partial charge >= 0.3 is 0 Å². The van der Waals surface area contributed by atoms with Gasteiger partial charge in [0.15, 0.2) is 5.82 Å². The Bertz CT molecular complexity index is 413. The van der Waals surface area contributed by atoms with Crippen LogP contribution in [0.15, 0.2) is 4.52 Å². The van der Waals surface area contributed by atoms with Gasteiger partial charge in [0, 0.05) is 6.42 Å². The van der Waals surface area contributed by atoms with Crippen LogP contribution in [-0.4, -0.2) is 10.1 Å². The number of aromatic nitrogens is 2. The molecule has 0 aliphatic heterocycles. The molecule has 108 valence electrons. The van der Waals surface area contributed by atoms with E-state index >= 15 is 0 Å². The van der Waals surface area contributed by atoms with Crippen LogP contribution in [0.25, 0.3) is 0 Å². The Balaban J connectivity index is 1.98. The van der Waals surface area contributed by atoms with Crippen molar-refractivity contribution in [2.45, 2.75) is 71.8 Å². The predicted molar refractivity (Wildman–Crippen MR) is 75.6 cm³/mol. The fraction of sp³-hybridized carbons (Fsp3) is 0.867. The van der Waals surface area contributed by atoms with Crippen LogP contribution in [0.1, 0.15) is 71.5 Å². The molecule has 0 radical (unpaired) electrons. The molecule has 1 aromatic rings. The van der Waals surface area contributed by atoms with Crippen LogP contribution in [0.3, 0.4) is 0 Å². The van der Waals surface area contributed by atoms with Gasteiger partial charge in [-0.25, -0.2) is 0 Å². The molecule has 4 heteroatoms. The van der Waals surface area contributed by atoms with Crippen LogP contribution in [0.4, 0.5) is 0 Å². The highest BCUT2D eigenvalue weighted by Gasteiger charge is 2.36. The lowest BCUT2D eigenvalue weighted by molar-refractivity contribution is 0.281. The lowest BCUT2D eigenvalue weighted by Crippen LogP contribution is -2.34. The Hall–Kier alpha value is -0.900. The van der Waals surface area contributed by atoms with Crippen LogP contribution in [0, 0.1) is 11.3 Å². The summed E-state index contributed by atoms with van der Waals surface area (Å²) in [5.41, 5.74) is 6.34. The van der Waals surface area contributed by atoms with Crippen LogP contribution in [-0.2, 0) is 12.0 Å². The second kappa shape index (κ2) is 5.23. The monoisotopic (exact) mass is 265 g/mol. The second-order valence-electron chi connectivity index (χ2n) is 7.45. The van der Waals surface area contributed by atoms with Crippen LogP contribution in [0.5, 0.6) is 0 Å². The van der Waals surface area contributed by atoms with Gasteiger partial charge in [0.2, 0.25) is 5.89 Å². The first-order valence-electron chi connectivity index (χ1n) is 7.40. The molecule has 1 aromatic heterocycles. The number of hydrogen-bond acceptors (Lipinski definition) is 4. The smallest absolute Gasteiger partial charge is 0.226 e. The zero-order valence-electron chi connectivity index (χ0n) is 12.7. The van der Waals surface area contributed by atoms with Crippen molar-refractivity contribution in [1.29, 1.82) is 0 Å². The minimum Gasteiger partial charge on any atom is -0.339 e. The van der Waals surface area contributed by atoms with Gasteiger partial charge in [-0.05, 0) is 30.6 Å². The summed E-state index contributed by atoms with van der Waals surface area (Å²) in [6, 6.07) is 0. The summed E-state index contributed by atoms with van der Waals surface area (Å²) in [5, 5.41) is 4.11. The maximum atomic E-state index is 6.34. The maximum Gasteiger partial charge on any atom is 0.226 e. The summed E-state index contributed by atoms with van der Waals surface area (Å²) in [6.07, 6.45) is 6.29. The average Bonchev–Trinajstić information content (AvgIpc) is 2.85. The molecular weight excluding hydrogens is 238 g/mol. The highest BCUT2D eigenvalue weighted by Crippen LogP contribution is 2.35. The molecule has 19 heavy (non-hydrogen) atoms. The van der Waals surface area contributed by atoms with Crippen molar-refractivity contribution in [3.63, 3.8) is 0 Å². The third-order valence-corrected chi connectivity index (χ3v) is 3.89. The fourth-order valence-corrected chi connectivity index (χ4v) is 3.19. The molecule has 2 rings (SSSR count). The minimum absolute atomic E-state index is 0.336. The molecule has 0 bridgehead atoms. The molecule has 0 saturated heterocycles. The van der Waals surface area contributed by atoms with E-state index in [1.54, 1.807) is 0 Å². The van der Waals surface area contributed by atoms with Gasteiger partial charge in [0.05, 0.1) is 5.54 Å². The summed E-state index contributed by atoms with van der Waals surface area (Å²) < 4.78 is 5.39. The van der Waals surface area contributed by atoms with Crippen molar-refractivity contribution in [1.82, 2.24) is 10.1 Å². The average molecular weight is 265 g/mol. The molecule has 0 amide bonds. The molecule has 0 aromatic carbocycles. The van der Waals surface area contributed by atoms with Gasteiger partial charge in [-0.1, -0.05) is 45.7 Å². The molecule has 0 spiro atoms. The van der Waals surface area contributed by atoms with E-state index < -0.39 is 0 Å². The lowest BCUT2D eigenvalue weighted by atomic mass is 9.84. The van der Waals surface area contributed by atoms with Gasteiger partial charge in [0.1, 0.15) is 0 Å². The van der Waals surface area contributed by atoms with Gasteiger partial charge in [-0.15, -0.1) is 0 Å². The summed E-state index contributed by atoms with van der Waals surface area (Å²) in [6.45, 7) is 9.02. The summed E-state index contributed by atoms with van der Waals surface area (Å²) in [7, 11) is 0. The molecule has 1 saturated carbocycles. The Morgan fingerprint density at radius 1 is 1.32 bits per heavy atom. The molecule has 1 unspecified atom stereocenters. The number of nitrogens with two attached hydrogens (primary N) is 1. The Morgan fingerprint density at radius 3 is 2.53 bits per heavy atom. The van der Waals surface area contributed by atoms with Crippen molar-refractivity contribution < 1.29 is 4.52 Å². The van der Waals surface area contributed by atoms with Gasteiger partial charge in [-0.2, -0.15) is 4.98 Å². The molecule has 1 aliphatic rings. The van der Waals surface area contributed by atoms with Crippen molar-refractivity contribution in [3.8, 4) is 0 Å². The quantitative estimate of drug-likeness (QED) is 0.906. The minimum atomic E-state index is -0.338. The van der Waals surface area contributed by atoms with Crippen LogP contribution >= 0.6 is 0 Å². The molecule has 1 atom stereocenters. The van der Waals surface area contributed by atoms with E-state index in [9.17, 15) is 0 Å². The maximum absolute atomic E-state index is 6.34. The zero-order chi connectivity index (χ0) is 14.1. The van der Waals surface area contributed by atoms with E-state index in [-0.39, 0.29) is 5.54 Å². The van der Waals surface area contributed by atoms with E-state index in [1.165, 1.54) is 12.8 Å². The third-order valence-electron chi connectivity index (χ3n) is 3.89. The summed E-state index contributed by atoms with van der Waals surface area (Å²) in [5.74, 6) is 2.00. The standard InChI is InChI=1S/C15H27N3O/c1-11(10-14(2,3)4)9-12-17-13(18-19-12)15(16)7-5-6-8-15/h11H,5-10,16H2,1-4H3. The normalized spacial score (nSPS) is 20.7. The highest BCUT2D eigenvalue weighted by atomic mass is 16.5. The molecular formula is C15H27N3O. The van der Waals surface area contributed by atoms with Gasteiger partial charge in [0.25, 0.3) is 0 Å². The molecule has 4 nitrogen and oxygen atoms in total. The van der Waals surface area contributed by atoms with Crippen molar-refractivity contribution in [3.05, 3.63) is 11.7 Å². The Kier molecular flexibility index (Phi) is 4.00. The van der Waals surface area contributed by atoms with Crippen LogP contribution in [0.2, 0.25) is 0 Å². The van der Waals surface area contributed by atoms with Gasteiger partial charge in [-0.3, -0.25) is 0 Å². The van der Waals surface area contributed by atoms with Crippen molar-refractivity contribution in [2.24, 2.45) is 17.1 Å². The van der Waals surface area contributed by atoms with E-state index in [4.69, 9.17) is 10.3 Å². The van der Waals surface area contributed by atoms with Crippen molar-refractivity contribution >= 4 is 0 Å². The summed E-state index contributed by atoms with van der Waals surface area (Å²) >= 11 is 0. The SMILES string of the molecule is CC(Cc1nc(C2(N)CCCC2)no1)CC(C)(C)C. The van der Waals surface area contributed by atoms with E-state index in [0.717, 1.165) is 31.6 Å². The number of hydrogen-bond donors (Lipinski definition) is 1. The molecule has 1 aliphatic carbocycles. The number of rotatable bonds is 4. The topological polar surface area (TPSA) is 64.9 Å².